The number of rotatable bonds is 5. The molecule has 1 aromatic heterocycles. The molecule has 1 heterocycles. The van der Waals surface area contributed by atoms with Crippen LogP contribution < -0.4 is 10.1 Å². The van der Waals surface area contributed by atoms with Crippen LogP contribution in [0.5, 0.6) is 5.75 Å². The van der Waals surface area contributed by atoms with E-state index < -0.39 is 22.3 Å². The molecule has 0 unspecified atom stereocenters. The summed E-state index contributed by atoms with van der Waals surface area (Å²) in [5.41, 5.74) is 2.82. The van der Waals surface area contributed by atoms with Crippen LogP contribution in [0.4, 0.5) is 15.8 Å². The van der Waals surface area contributed by atoms with Gasteiger partial charge in [0.05, 0.1) is 12.0 Å². The number of hydrogen-bond acceptors (Lipinski definition) is 5. The fourth-order valence-electron chi connectivity index (χ4n) is 3.95. The smallest absolute Gasteiger partial charge is 0.306 e. The number of furan rings is 1. The van der Waals surface area contributed by atoms with Crippen LogP contribution in [0, 0.1) is 15.9 Å². The number of carbonyl (C=O) groups is 1. The largest absolute Gasteiger partial charge is 0.496 e. The molecular formula is C23H21FN2O5. The Morgan fingerprint density at radius 2 is 2.03 bits per heavy atom. The summed E-state index contributed by atoms with van der Waals surface area (Å²) in [7, 11) is 1.55. The number of fused-ring (bicyclic) bond motifs is 3. The second-order valence-corrected chi connectivity index (χ2v) is 7.50. The van der Waals surface area contributed by atoms with Crippen molar-refractivity contribution in [2.75, 3.05) is 12.4 Å². The molecule has 2 aromatic carbocycles. The van der Waals surface area contributed by atoms with Crippen molar-refractivity contribution in [2.45, 2.75) is 32.6 Å². The van der Waals surface area contributed by atoms with Crippen LogP contribution in [0.2, 0.25) is 0 Å². The highest BCUT2D eigenvalue weighted by Crippen LogP contribution is 2.38. The molecule has 7 nitrogen and oxygen atoms in total. The minimum absolute atomic E-state index is 0.133. The molecule has 0 aliphatic heterocycles. The van der Waals surface area contributed by atoms with E-state index >= 15 is 0 Å². The molecule has 0 fully saturated rings. The molecule has 1 aliphatic carbocycles. The van der Waals surface area contributed by atoms with Gasteiger partial charge in [-0.15, -0.1) is 0 Å². The summed E-state index contributed by atoms with van der Waals surface area (Å²) in [6.45, 7) is 1.78. The molecule has 1 aliphatic rings. The summed E-state index contributed by atoms with van der Waals surface area (Å²) in [6, 6.07) is 7.02. The number of nitrogens with one attached hydrogen (secondary N) is 1. The van der Waals surface area contributed by atoms with E-state index in [1.807, 2.05) is 12.1 Å². The SMILES string of the molecule is COc1cc2oc3c(c2cc1/C(C)=C/C(=O)Nc1ccc(F)c([N+](=O)[O-])c1)CCCC3. The zero-order valence-corrected chi connectivity index (χ0v) is 17.2. The first-order valence-corrected chi connectivity index (χ1v) is 9.93. The molecule has 1 amide bonds. The maximum absolute atomic E-state index is 13.5. The monoisotopic (exact) mass is 424 g/mol. The first-order valence-electron chi connectivity index (χ1n) is 9.93. The van der Waals surface area contributed by atoms with Crippen LogP contribution in [-0.4, -0.2) is 17.9 Å². The van der Waals surface area contributed by atoms with E-state index in [4.69, 9.17) is 9.15 Å². The van der Waals surface area contributed by atoms with Crippen LogP contribution in [0.1, 0.15) is 36.7 Å². The summed E-state index contributed by atoms with van der Waals surface area (Å²) in [4.78, 5) is 22.6. The van der Waals surface area contributed by atoms with Crippen molar-refractivity contribution >= 4 is 33.8 Å². The van der Waals surface area contributed by atoms with Crippen LogP contribution in [-0.2, 0) is 17.6 Å². The van der Waals surface area contributed by atoms with E-state index in [-0.39, 0.29) is 5.69 Å². The van der Waals surface area contributed by atoms with Gasteiger partial charge in [-0.2, -0.15) is 4.39 Å². The van der Waals surface area contributed by atoms with E-state index in [1.54, 1.807) is 14.0 Å². The van der Waals surface area contributed by atoms with Crippen LogP contribution in [0.25, 0.3) is 16.5 Å². The van der Waals surface area contributed by atoms with Crippen molar-refractivity contribution in [2.24, 2.45) is 0 Å². The molecule has 0 radical (unpaired) electrons. The minimum Gasteiger partial charge on any atom is -0.496 e. The Morgan fingerprint density at radius 1 is 1.26 bits per heavy atom. The Morgan fingerprint density at radius 3 is 2.77 bits per heavy atom. The van der Waals surface area contributed by atoms with Gasteiger partial charge in [-0.25, -0.2) is 0 Å². The standard InChI is InChI=1S/C23H21FN2O5/c1-13(9-23(27)25-14-7-8-18(24)19(10-14)26(28)29)16-11-17-15-5-3-4-6-20(15)31-22(17)12-21(16)30-2/h7-12H,3-6H2,1-2H3,(H,25,27)/b13-9+. The van der Waals surface area contributed by atoms with Crippen LogP contribution in [0.15, 0.2) is 40.8 Å². The molecule has 1 N–H and O–H groups in total. The predicted molar refractivity (Wildman–Crippen MR) is 115 cm³/mol. The Hall–Kier alpha value is -3.68. The molecule has 160 valence electrons. The zero-order chi connectivity index (χ0) is 22.1. The minimum atomic E-state index is -0.962. The summed E-state index contributed by atoms with van der Waals surface area (Å²) < 4.78 is 25.0. The molecule has 0 spiro atoms. The third kappa shape index (κ3) is 4.01. The second-order valence-electron chi connectivity index (χ2n) is 7.50. The number of nitro groups is 1. The number of halogens is 1. The maximum atomic E-state index is 13.5. The zero-order valence-electron chi connectivity index (χ0n) is 17.2. The molecule has 4 rings (SSSR count). The molecular weight excluding hydrogens is 403 g/mol. The second kappa shape index (κ2) is 8.22. The number of aryl methyl sites for hydroxylation is 2. The average Bonchev–Trinajstić information content (AvgIpc) is 3.11. The predicted octanol–water partition coefficient (Wildman–Crippen LogP) is 5.41. The van der Waals surface area contributed by atoms with Crippen molar-refractivity contribution < 1.29 is 23.3 Å². The van der Waals surface area contributed by atoms with Gasteiger partial charge in [-0.1, -0.05) is 0 Å². The van der Waals surface area contributed by atoms with E-state index in [2.05, 4.69) is 5.32 Å². The fraction of sp³-hybridized carbons (Fsp3) is 0.261. The average molecular weight is 424 g/mol. The van der Waals surface area contributed by atoms with Crippen molar-refractivity contribution in [1.29, 1.82) is 0 Å². The van der Waals surface area contributed by atoms with Crippen molar-refractivity contribution in [1.82, 2.24) is 0 Å². The van der Waals surface area contributed by atoms with Gasteiger partial charge in [0, 0.05) is 46.8 Å². The van der Waals surface area contributed by atoms with Gasteiger partial charge in [-0.3, -0.25) is 14.9 Å². The number of nitrogens with zero attached hydrogens (tertiary/aromatic N) is 1. The van der Waals surface area contributed by atoms with Gasteiger partial charge in [0.15, 0.2) is 0 Å². The number of anilines is 1. The number of carbonyl (C=O) groups excluding carboxylic acids is 1. The van der Waals surface area contributed by atoms with Crippen molar-refractivity contribution in [3.8, 4) is 5.75 Å². The van der Waals surface area contributed by atoms with Crippen LogP contribution in [0.3, 0.4) is 0 Å². The Kier molecular flexibility index (Phi) is 5.46. The highest BCUT2D eigenvalue weighted by molar-refractivity contribution is 6.05. The molecule has 0 bridgehead atoms. The molecule has 31 heavy (non-hydrogen) atoms. The molecule has 8 heteroatoms. The molecule has 3 aromatic rings. The number of benzene rings is 2. The van der Waals surface area contributed by atoms with E-state index in [0.29, 0.717) is 11.3 Å². The Labute approximate surface area is 177 Å². The van der Waals surface area contributed by atoms with Crippen molar-refractivity contribution in [3.05, 3.63) is 69.2 Å². The molecule has 0 saturated carbocycles. The number of ether oxygens (including phenoxy) is 1. The van der Waals surface area contributed by atoms with Gasteiger partial charge >= 0.3 is 5.69 Å². The topological polar surface area (TPSA) is 94.6 Å². The van der Waals surface area contributed by atoms with Gasteiger partial charge < -0.3 is 14.5 Å². The summed E-state index contributed by atoms with van der Waals surface area (Å²) in [5, 5.41) is 14.5. The van der Waals surface area contributed by atoms with Gasteiger partial charge in [0.2, 0.25) is 11.7 Å². The van der Waals surface area contributed by atoms with Crippen LogP contribution >= 0.6 is 0 Å². The summed E-state index contributed by atoms with van der Waals surface area (Å²) >= 11 is 0. The molecule has 0 saturated heterocycles. The Bertz CT molecular complexity index is 1230. The van der Waals surface area contributed by atoms with Gasteiger partial charge in [0.1, 0.15) is 17.1 Å². The third-order valence-electron chi connectivity index (χ3n) is 5.46. The normalized spacial score (nSPS) is 13.7. The Balaban J connectivity index is 1.65. The number of nitro benzene ring substituents is 1. The number of hydrogen-bond donors (Lipinski definition) is 1. The van der Waals surface area contributed by atoms with Gasteiger partial charge in [0.25, 0.3) is 0 Å². The first-order chi connectivity index (χ1) is 14.9. The van der Waals surface area contributed by atoms with E-state index in [0.717, 1.165) is 60.1 Å². The lowest BCUT2D eigenvalue weighted by atomic mass is 9.94. The lowest BCUT2D eigenvalue weighted by molar-refractivity contribution is -0.387. The lowest BCUT2D eigenvalue weighted by Crippen LogP contribution is -2.09. The fourth-order valence-corrected chi connectivity index (χ4v) is 3.95. The molecule has 0 atom stereocenters. The lowest BCUT2D eigenvalue weighted by Gasteiger charge is -2.11. The maximum Gasteiger partial charge on any atom is 0.306 e. The summed E-state index contributed by atoms with van der Waals surface area (Å²) in [6.07, 6.45) is 5.48. The number of methoxy groups -OCH3 is 1. The third-order valence-corrected chi connectivity index (χ3v) is 5.46. The van der Waals surface area contributed by atoms with Gasteiger partial charge in [-0.05, 0) is 50.0 Å². The highest BCUT2D eigenvalue weighted by atomic mass is 19.1. The van der Waals surface area contributed by atoms with E-state index in [9.17, 15) is 19.3 Å². The number of allylic oxidation sites excluding steroid dienone is 1. The summed E-state index contributed by atoms with van der Waals surface area (Å²) in [5.74, 6) is 0.140. The number of amides is 1. The van der Waals surface area contributed by atoms with Crippen molar-refractivity contribution in [3.63, 3.8) is 0 Å². The first kappa shape index (κ1) is 20.6. The highest BCUT2D eigenvalue weighted by Gasteiger charge is 2.20. The van der Waals surface area contributed by atoms with E-state index in [1.165, 1.54) is 17.7 Å². The quantitative estimate of drug-likeness (QED) is 0.336.